The molecule has 222 valence electrons. The van der Waals surface area contributed by atoms with Crippen molar-refractivity contribution in [1.82, 2.24) is 39.3 Å². The number of anilines is 1. The largest absolute Gasteiger partial charge is 0.382 e. The van der Waals surface area contributed by atoms with Crippen LogP contribution in [0, 0.1) is 11.7 Å². The van der Waals surface area contributed by atoms with E-state index < -0.39 is 29.5 Å². The zero-order valence-corrected chi connectivity index (χ0v) is 24.0. The third-order valence-corrected chi connectivity index (χ3v) is 7.92. The molecule has 10 nitrogen and oxygen atoms in total. The molecule has 0 amide bonds. The molecular formula is C29H27ClF3N9O. The molecule has 5 heterocycles. The standard InChI is InChI=1S/C29H27ClF3N9O/c1-16-4-3-5-23(19-10-17(8-9-34-19)28-21(35-12-16)13-37-40(28)2)41-15-36-20(11-25(41)43)26-24(7-6-18(30)27(26)31)42-14-22(29(32)33)38-39-42/h6-11,13-16,23,29,35H,3-5,12H2,1-2H3/t16-,23+/m1/s1. The number of aryl methyl sites for hydroxylation is 1. The molecular weight excluding hydrogens is 583 g/mol. The second kappa shape index (κ2) is 11.6. The number of alkyl halides is 2. The van der Waals surface area contributed by atoms with E-state index in [1.807, 2.05) is 19.2 Å². The van der Waals surface area contributed by atoms with E-state index in [-0.39, 0.29) is 22.0 Å². The van der Waals surface area contributed by atoms with Crippen LogP contribution in [0.3, 0.4) is 0 Å². The molecule has 0 unspecified atom stereocenters. The van der Waals surface area contributed by atoms with Crippen LogP contribution in [-0.2, 0) is 7.05 Å². The summed E-state index contributed by atoms with van der Waals surface area (Å²) >= 11 is 6.08. The molecule has 6 rings (SSSR count). The van der Waals surface area contributed by atoms with Crippen LogP contribution in [0.5, 0.6) is 0 Å². The maximum atomic E-state index is 15.4. The molecule has 2 atom stereocenters. The maximum Gasteiger partial charge on any atom is 0.283 e. The molecule has 4 aromatic heterocycles. The van der Waals surface area contributed by atoms with Crippen LogP contribution in [0.1, 0.15) is 50.0 Å². The zero-order chi connectivity index (χ0) is 30.2. The summed E-state index contributed by atoms with van der Waals surface area (Å²) in [5, 5.41) is 14.9. The zero-order valence-electron chi connectivity index (χ0n) is 23.3. The van der Waals surface area contributed by atoms with E-state index in [1.54, 1.807) is 17.1 Å². The van der Waals surface area contributed by atoms with Crippen LogP contribution >= 0.6 is 11.6 Å². The summed E-state index contributed by atoms with van der Waals surface area (Å²) in [6, 6.07) is 7.28. The van der Waals surface area contributed by atoms with Crippen LogP contribution in [0.4, 0.5) is 18.9 Å². The number of rotatable bonds is 4. The second-order valence-corrected chi connectivity index (χ2v) is 11.0. The molecule has 0 saturated carbocycles. The Balaban J connectivity index is 1.44. The lowest BCUT2D eigenvalue weighted by atomic mass is 9.97. The van der Waals surface area contributed by atoms with Crippen molar-refractivity contribution in [2.75, 3.05) is 11.9 Å². The number of halogens is 4. The fourth-order valence-corrected chi connectivity index (χ4v) is 5.57. The number of hydrogen-bond acceptors (Lipinski definition) is 7. The van der Waals surface area contributed by atoms with E-state index in [9.17, 15) is 13.6 Å². The van der Waals surface area contributed by atoms with E-state index in [0.717, 1.165) is 47.2 Å². The van der Waals surface area contributed by atoms with Crippen molar-refractivity contribution in [3.8, 4) is 28.2 Å². The van der Waals surface area contributed by atoms with Crippen LogP contribution in [-0.4, -0.2) is 45.9 Å². The third-order valence-electron chi connectivity index (χ3n) is 7.63. The monoisotopic (exact) mass is 609 g/mol. The van der Waals surface area contributed by atoms with Crippen molar-refractivity contribution in [3.05, 3.63) is 87.8 Å². The normalized spacial score (nSPS) is 17.2. The third kappa shape index (κ3) is 5.52. The predicted octanol–water partition coefficient (Wildman–Crippen LogP) is 5.84. The van der Waals surface area contributed by atoms with Gasteiger partial charge in [0.05, 0.1) is 63.8 Å². The number of hydrogen-bond donors (Lipinski definition) is 1. The van der Waals surface area contributed by atoms with Crippen molar-refractivity contribution < 1.29 is 13.2 Å². The van der Waals surface area contributed by atoms with Crippen molar-refractivity contribution in [1.29, 1.82) is 0 Å². The van der Waals surface area contributed by atoms with Gasteiger partial charge in [-0.15, -0.1) is 5.10 Å². The lowest BCUT2D eigenvalue weighted by Gasteiger charge is -2.22. The van der Waals surface area contributed by atoms with E-state index in [2.05, 4.69) is 37.6 Å². The Hall–Kier alpha value is -4.52. The van der Waals surface area contributed by atoms with Gasteiger partial charge in [-0.1, -0.05) is 30.2 Å². The van der Waals surface area contributed by atoms with Gasteiger partial charge in [0.1, 0.15) is 5.69 Å². The van der Waals surface area contributed by atoms with Crippen LogP contribution in [0.15, 0.2) is 60.0 Å². The van der Waals surface area contributed by atoms with Crippen molar-refractivity contribution in [2.24, 2.45) is 13.0 Å². The lowest BCUT2D eigenvalue weighted by Crippen LogP contribution is -2.27. The first-order chi connectivity index (χ1) is 20.7. The Kier molecular flexibility index (Phi) is 7.74. The van der Waals surface area contributed by atoms with Gasteiger partial charge in [0.15, 0.2) is 5.82 Å². The number of aromatic nitrogens is 8. The minimum atomic E-state index is -2.86. The molecule has 0 spiro atoms. The van der Waals surface area contributed by atoms with Crippen molar-refractivity contribution in [3.63, 3.8) is 0 Å². The Morgan fingerprint density at radius 1 is 1.14 bits per heavy atom. The minimum Gasteiger partial charge on any atom is -0.382 e. The average molecular weight is 610 g/mol. The van der Waals surface area contributed by atoms with Crippen molar-refractivity contribution >= 4 is 17.3 Å². The van der Waals surface area contributed by atoms with E-state index in [4.69, 9.17) is 11.6 Å². The summed E-state index contributed by atoms with van der Waals surface area (Å²) in [5.41, 5.74) is 2.23. The Labute approximate surface area is 249 Å². The van der Waals surface area contributed by atoms with Crippen LogP contribution in [0.2, 0.25) is 5.02 Å². The molecule has 0 radical (unpaired) electrons. The van der Waals surface area contributed by atoms with Crippen LogP contribution < -0.4 is 10.9 Å². The summed E-state index contributed by atoms with van der Waals surface area (Å²) in [4.78, 5) is 22.7. The van der Waals surface area contributed by atoms with Gasteiger partial charge in [-0.2, -0.15) is 5.10 Å². The molecule has 0 fully saturated rings. The predicted molar refractivity (Wildman–Crippen MR) is 155 cm³/mol. The summed E-state index contributed by atoms with van der Waals surface area (Å²) in [6.45, 7) is 2.94. The summed E-state index contributed by atoms with van der Waals surface area (Å²) in [5.74, 6) is -0.504. The molecule has 1 aliphatic rings. The maximum absolute atomic E-state index is 15.4. The van der Waals surface area contributed by atoms with Gasteiger partial charge in [-0.05, 0) is 43.0 Å². The smallest absolute Gasteiger partial charge is 0.283 e. The number of fused-ring (bicyclic) bond motifs is 4. The SMILES string of the molecule is C[C@@H]1CCC[C@H](n2cnc(-c3c(-n4cc(C(F)F)nn4)ccc(Cl)c3F)cc2=O)c2cc(ccn2)-c2c(cnn2C)NC1. The summed E-state index contributed by atoms with van der Waals surface area (Å²) in [7, 11) is 1.87. The Morgan fingerprint density at radius 2 is 1.98 bits per heavy atom. The van der Waals surface area contributed by atoms with Gasteiger partial charge in [0, 0.05) is 31.4 Å². The summed E-state index contributed by atoms with van der Waals surface area (Å²) in [6.07, 6.45) is 5.34. The topological polar surface area (TPSA) is 108 Å². The van der Waals surface area contributed by atoms with E-state index in [0.29, 0.717) is 18.0 Å². The highest BCUT2D eigenvalue weighted by Gasteiger charge is 2.24. The lowest BCUT2D eigenvalue weighted by molar-refractivity contribution is 0.146. The average Bonchev–Trinajstić information content (AvgIpc) is 3.63. The highest BCUT2D eigenvalue weighted by atomic mass is 35.5. The van der Waals surface area contributed by atoms with E-state index >= 15 is 4.39 Å². The highest BCUT2D eigenvalue weighted by Crippen LogP contribution is 2.34. The first-order valence-corrected chi connectivity index (χ1v) is 14.1. The quantitative estimate of drug-likeness (QED) is 0.273. The fraction of sp³-hybridized carbons (Fsp3) is 0.310. The molecule has 5 aromatic rings. The van der Waals surface area contributed by atoms with Gasteiger partial charge < -0.3 is 5.32 Å². The molecule has 2 bridgehead atoms. The Bertz CT molecular complexity index is 1850. The number of nitrogens with zero attached hydrogens (tertiary/aromatic N) is 8. The molecule has 1 aliphatic heterocycles. The van der Waals surface area contributed by atoms with Gasteiger partial charge in [-0.25, -0.2) is 22.8 Å². The molecule has 43 heavy (non-hydrogen) atoms. The van der Waals surface area contributed by atoms with Gasteiger partial charge in [-0.3, -0.25) is 19.0 Å². The Morgan fingerprint density at radius 3 is 2.74 bits per heavy atom. The minimum absolute atomic E-state index is 0.0283. The fourth-order valence-electron chi connectivity index (χ4n) is 5.41. The number of benzene rings is 1. The molecule has 0 saturated heterocycles. The summed E-state index contributed by atoms with van der Waals surface area (Å²) < 4.78 is 46.1. The first-order valence-electron chi connectivity index (χ1n) is 13.7. The van der Waals surface area contributed by atoms with Crippen molar-refractivity contribution in [2.45, 2.75) is 38.7 Å². The van der Waals surface area contributed by atoms with Gasteiger partial charge in [0.2, 0.25) is 0 Å². The number of nitrogens with one attached hydrogen (secondary N) is 1. The molecule has 0 aliphatic carbocycles. The van der Waals surface area contributed by atoms with Gasteiger partial charge >= 0.3 is 0 Å². The number of pyridine rings is 1. The first kappa shape index (κ1) is 28.6. The highest BCUT2D eigenvalue weighted by molar-refractivity contribution is 6.31. The molecule has 1 aromatic carbocycles. The van der Waals surface area contributed by atoms with Crippen LogP contribution in [0.25, 0.3) is 28.2 Å². The second-order valence-electron chi connectivity index (χ2n) is 10.6. The van der Waals surface area contributed by atoms with Gasteiger partial charge in [0.25, 0.3) is 12.0 Å². The van der Waals surface area contributed by atoms with E-state index in [1.165, 1.54) is 29.1 Å². The molecule has 14 heteroatoms. The molecule has 1 N–H and O–H groups in total.